The van der Waals surface area contributed by atoms with Crippen molar-refractivity contribution < 1.29 is 18.8 Å². The third-order valence-corrected chi connectivity index (χ3v) is 5.43. The molecule has 3 amide bonds. The van der Waals surface area contributed by atoms with Crippen LogP contribution in [-0.2, 0) is 22.7 Å². The number of nitrogens with one attached hydrogen (secondary N) is 1. The standard InChI is InChI=1S/C22H22FN3O3/c23-18-4-1-3-16(11-18)12-24-21(28)17-8-6-15(7-9-17)13-25-14-20(27)26-10-2-5-19(26)22(25)29/h1,3-4,6-9,11,19H,2,5,10,12-14H2,(H,24,28)/t19-/m0/s1. The summed E-state index contributed by atoms with van der Waals surface area (Å²) in [7, 11) is 0. The molecule has 0 unspecified atom stereocenters. The first-order chi connectivity index (χ1) is 14.0. The number of amides is 3. The number of benzene rings is 2. The molecule has 0 spiro atoms. The van der Waals surface area contributed by atoms with E-state index in [1.54, 1.807) is 46.2 Å². The number of carbonyl (C=O) groups is 3. The van der Waals surface area contributed by atoms with Gasteiger partial charge < -0.3 is 15.1 Å². The zero-order valence-corrected chi connectivity index (χ0v) is 15.9. The van der Waals surface area contributed by atoms with E-state index in [0.29, 0.717) is 24.2 Å². The van der Waals surface area contributed by atoms with Gasteiger partial charge in [-0.25, -0.2) is 4.39 Å². The highest BCUT2D eigenvalue weighted by Crippen LogP contribution is 2.24. The average Bonchev–Trinajstić information content (AvgIpc) is 3.21. The first-order valence-electron chi connectivity index (χ1n) is 9.71. The lowest BCUT2D eigenvalue weighted by molar-refractivity contribution is -0.154. The Hall–Kier alpha value is -3.22. The van der Waals surface area contributed by atoms with Gasteiger partial charge in [0.25, 0.3) is 5.91 Å². The van der Waals surface area contributed by atoms with Crippen LogP contribution in [-0.4, -0.2) is 46.7 Å². The normalized spacial score (nSPS) is 18.7. The molecule has 0 bridgehead atoms. The molecule has 0 aromatic heterocycles. The maximum atomic E-state index is 13.2. The first kappa shape index (κ1) is 19.1. The number of rotatable bonds is 5. The van der Waals surface area contributed by atoms with E-state index in [9.17, 15) is 18.8 Å². The second kappa shape index (κ2) is 8.03. The molecule has 2 fully saturated rings. The lowest BCUT2D eigenvalue weighted by Gasteiger charge is -2.36. The molecule has 2 aromatic rings. The Bertz CT molecular complexity index is 945. The van der Waals surface area contributed by atoms with Crippen molar-refractivity contribution in [3.63, 3.8) is 0 Å². The summed E-state index contributed by atoms with van der Waals surface area (Å²) in [5.74, 6) is -0.598. The van der Waals surface area contributed by atoms with E-state index in [1.807, 2.05) is 0 Å². The summed E-state index contributed by atoms with van der Waals surface area (Å²) in [5, 5.41) is 2.76. The Labute approximate surface area is 168 Å². The van der Waals surface area contributed by atoms with Crippen LogP contribution in [0.4, 0.5) is 4.39 Å². The molecular weight excluding hydrogens is 373 g/mol. The highest BCUT2D eigenvalue weighted by molar-refractivity contribution is 5.95. The van der Waals surface area contributed by atoms with Gasteiger partial charge in [-0.2, -0.15) is 0 Å². The third-order valence-electron chi connectivity index (χ3n) is 5.43. The van der Waals surface area contributed by atoms with E-state index in [0.717, 1.165) is 18.4 Å². The number of halogens is 1. The van der Waals surface area contributed by atoms with E-state index in [-0.39, 0.29) is 42.7 Å². The second-order valence-corrected chi connectivity index (χ2v) is 7.45. The summed E-state index contributed by atoms with van der Waals surface area (Å²) < 4.78 is 13.2. The molecule has 0 radical (unpaired) electrons. The van der Waals surface area contributed by atoms with Crippen LogP contribution in [0.5, 0.6) is 0 Å². The monoisotopic (exact) mass is 395 g/mol. The smallest absolute Gasteiger partial charge is 0.251 e. The molecular formula is C22H22FN3O3. The fourth-order valence-corrected chi connectivity index (χ4v) is 3.91. The van der Waals surface area contributed by atoms with Gasteiger partial charge in [-0.05, 0) is 48.2 Å². The molecule has 2 aliphatic heterocycles. The molecule has 150 valence electrons. The molecule has 1 N–H and O–H groups in total. The topological polar surface area (TPSA) is 69.7 Å². The maximum absolute atomic E-state index is 13.2. The highest BCUT2D eigenvalue weighted by Gasteiger charge is 2.41. The Morgan fingerprint density at radius 1 is 1.10 bits per heavy atom. The minimum Gasteiger partial charge on any atom is -0.348 e. The molecule has 7 heteroatoms. The van der Waals surface area contributed by atoms with Crippen molar-refractivity contribution in [1.82, 2.24) is 15.1 Å². The van der Waals surface area contributed by atoms with Crippen LogP contribution >= 0.6 is 0 Å². The summed E-state index contributed by atoms with van der Waals surface area (Å²) in [6.07, 6.45) is 1.60. The summed E-state index contributed by atoms with van der Waals surface area (Å²) in [5.41, 5.74) is 2.02. The fraction of sp³-hybridized carbons (Fsp3) is 0.318. The minimum absolute atomic E-state index is 0.000414. The fourth-order valence-electron chi connectivity index (χ4n) is 3.91. The van der Waals surface area contributed by atoms with Crippen LogP contribution in [0.25, 0.3) is 0 Å². The van der Waals surface area contributed by atoms with E-state index >= 15 is 0 Å². The molecule has 2 aromatic carbocycles. The van der Waals surface area contributed by atoms with Crippen molar-refractivity contribution in [1.29, 1.82) is 0 Å². The molecule has 4 rings (SSSR count). The number of hydrogen-bond acceptors (Lipinski definition) is 3. The lowest BCUT2D eigenvalue weighted by Crippen LogP contribution is -2.56. The second-order valence-electron chi connectivity index (χ2n) is 7.45. The highest BCUT2D eigenvalue weighted by atomic mass is 19.1. The van der Waals surface area contributed by atoms with Crippen molar-refractivity contribution in [2.45, 2.75) is 32.0 Å². The summed E-state index contributed by atoms with van der Waals surface area (Å²) in [6.45, 7) is 1.36. The molecule has 0 aliphatic carbocycles. The van der Waals surface area contributed by atoms with E-state index in [2.05, 4.69) is 5.32 Å². The van der Waals surface area contributed by atoms with Crippen LogP contribution < -0.4 is 5.32 Å². The number of carbonyl (C=O) groups excluding carboxylic acids is 3. The van der Waals surface area contributed by atoms with Crippen LogP contribution in [0, 0.1) is 5.82 Å². The number of piperazine rings is 1. The number of nitrogens with zero attached hydrogens (tertiary/aromatic N) is 2. The SMILES string of the molecule is O=C(NCc1cccc(F)c1)c1ccc(CN2CC(=O)N3CCC[C@H]3C2=O)cc1. The van der Waals surface area contributed by atoms with Crippen LogP contribution in [0.3, 0.4) is 0 Å². The van der Waals surface area contributed by atoms with Gasteiger partial charge in [0.05, 0.1) is 0 Å². The molecule has 2 heterocycles. The van der Waals surface area contributed by atoms with Crippen molar-refractivity contribution in [2.24, 2.45) is 0 Å². The first-order valence-corrected chi connectivity index (χ1v) is 9.71. The molecule has 0 saturated carbocycles. The van der Waals surface area contributed by atoms with E-state index in [4.69, 9.17) is 0 Å². The largest absolute Gasteiger partial charge is 0.348 e. The van der Waals surface area contributed by atoms with Crippen molar-refractivity contribution in [3.05, 3.63) is 71.0 Å². The van der Waals surface area contributed by atoms with Crippen molar-refractivity contribution in [2.75, 3.05) is 13.1 Å². The van der Waals surface area contributed by atoms with Gasteiger partial charge in [0.1, 0.15) is 18.4 Å². The van der Waals surface area contributed by atoms with Gasteiger partial charge in [0, 0.05) is 25.2 Å². The van der Waals surface area contributed by atoms with Crippen molar-refractivity contribution in [3.8, 4) is 0 Å². The lowest BCUT2D eigenvalue weighted by atomic mass is 10.1. The van der Waals surface area contributed by atoms with Crippen LogP contribution in [0.2, 0.25) is 0 Å². The predicted molar refractivity (Wildman–Crippen MR) is 104 cm³/mol. The summed E-state index contributed by atoms with van der Waals surface area (Å²) in [6, 6.07) is 12.7. The van der Waals surface area contributed by atoms with Gasteiger partial charge in [-0.1, -0.05) is 24.3 Å². The van der Waals surface area contributed by atoms with Gasteiger partial charge in [0.15, 0.2) is 0 Å². The van der Waals surface area contributed by atoms with Crippen LogP contribution in [0.1, 0.15) is 34.3 Å². The predicted octanol–water partition coefficient (Wildman–Crippen LogP) is 2.09. The van der Waals surface area contributed by atoms with E-state index < -0.39 is 0 Å². The van der Waals surface area contributed by atoms with Gasteiger partial charge in [0.2, 0.25) is 11.8 Å². The molecule has 2 aliphatic rings. The van der Waals surface area contributed by atoms with Gasteiger partial charge in [-0.15, -0.1) is 0 Å². The molecule has 29 heavy (non-hydrogen) atoms. The maximum Gasteiger partial charge on any atom is 0.251 e. The van der Waals surface area contributed by atoms with Crippen LogP contribution in [0.15, 0.2) is 48.5 Å². The summed E-state index contributed by atoms with van der Waals surface area (Å²) in [4.78, 5) is 40.4. The van der Waals surface area contributed by atoms with E-state index in [1.165, 1.54) is 12.1 Å². The number of hydrogen-bond donors (Lipinski definition) is 1. The Balaban J connectivity index is 1.35. The molecule has 6 nitrogen and oxygen atoms in total. The van der Waals surface area contributed by atoms with Crippen molar-refractivity contribution >= 4 is 17.7 Å². The molecule has 1 atom stereocenters. The summed E-state index contributed by atoms with van der Waals surface area (Å²) >= 11 is 0. The molecule has 2 saturated heterocycles. The zero-order valence-electron chi connectivity index (χ0n) is 15.9. The number of fused-ring (bicyclic) bond motifs is 1. The Morgan fingerprint density at radius 2 is 1.90 bits per heavy atom. The quantitative estimate of drug-likeness (QED) is 0.843. The van der Waals surface area contributed by atoms with Gasteiger partial charge in [-0.3, -0.25) is 14.4 Å². The third kappa shape index (κ3) is 4.13. The zero-order chi connectivity index (χ0) is 20.4. The Kier molecular flexibility index (Phi) is 5.29. The Morgan fingerprint density at radius 3 is 2.66 bits per heavy atom. The average molecular weight is 395 g/mol. The van der Waals surface area contributed by atoms with Gasteiger partial charge >= 0.3 is 0 Å². The minimum atomic E-state index is -0.340.